The summed E-state index contributed by atoms with van der Waals surface area (Å²) < 4.78 is 5.71. The van der Waals surface area contributed by atoms with Crippen molar-refractivity contribution in [1.82, 2.24) is 10.2 Å². The topological polar surface area (TPSA) is 119 Å². The van der Waals surface area contributed by atoms with Crippen LogP contribution in [0.15, 0.2) is 52.9 Å². The number of amides is 1. The molecule has 0 unspecified atom stereocenters. The van der Waals surface area contributed by atoms with E-state index in [2.05, 4.69) is 20.8 Å². The maximum absolute atomic E-state index is 12.1. The molecule has 0 aliphatic heterocycles. The third-order valence-electron chi connectivity index (χ3n) is 3.45. The SMILES string of the molecule is COc1ccc(Nc2nnc(SCC(=O)Nc3ccccc3[N+](=O)[O-])s2)cc1. The van der Waals surface area contributed by atoms with Gasteiger partial charge in [-0.25, -0.2) is 0 Å². The summed E-state index contributed by atoms with van der Waals surface area (Å²) in [5.41, 5.74) is 0.850. The molecule has 144 valence electrons. The molecule has 2 N–H and O–H groups in total. The Hall–Kier alpha value is -3.18. The zero-order valence-electron chi connectivity index (χ0n) is 14.6. The third-order valence-corrected chi connectivity index (χ3v) is 5.42. The summed E-state index contributed by atoms with van der Waals surface area (Å²) in [6.07, 6.45) is 0. The summed E-state index contributed by atoms with van der Waals surface area (Å²) in [7, 11) is 1.60. The molecule has 0 aliphatic rings. The van der Waals surface area contributed by atoms with Crippen molar-refractivity contribution in [2.24, 2.45) is 0 Å². The lowest BCUT2D eigenvalue weighted by molar-refractivity contribution is -0.383. The van der Waals surface area contributed by atoms with E-state index in [4.69, 9.17) is 4.74 Å². The predicted molar refractivity (Wildman–Crippen MR) is 109 cm³/mol. The van der Waals surface area contributed by atoms with Gasteiger partial charge >= 0.3 is 0 Å². The van der Waals surface area contributed by atoms with Crippen LogP contribution in [0.4, 0.5) is 22.2 Å². The molecule has 0 fully saturated rings. The average molecular weight is 417 g/mol. The van der Waals surface area contributed by atoms with E-state index in [1.54, 1.807) is 19.2 Å². The smallest absolute Gasteiger partial charge is 0.292 e. The first-order valence-corrected chi connectivity index (χ1v) is 9.76. The van der Waals surface area contributed by atoms with Crippen molar-refractivity contribution >= 4 is 51.2 Å². The number of hydrogen-bond acceptors (Lipinski definition) is 9. The number of thioether (sulfide) groups is 1. The summed E-state index contributed by atoms with van der Waals surface area (Å²) >= 11 is 2.51. The molecule has 1 amide bonds. The van der Waals surface area contributed by atoms with Crippen LogP contribution in [0.3, 0.4) is 0 Å². The molecule has 0 saturated carbocycles. The quantitative estimate of drug-likeness (QED) is 0.321. The zero-order valence-corrected chi connectivity index (χ0v) is 16.3. The number of nitro benzene ring substituents is 1. The molecule has 3 rings (SSSR count). The van der Waals surface area contributed by atoms with Gasteiger partial charge in [0.1, 0.15) is 11.4 Å². The summed E-state index contributed by atoms with van der Waals surface area (Å²) in [6, 6.07) is 13.4. The molecule has 0 aliphatic carbocycles. The first-order valence-electron chi connectivity index (χ1n) is 7.96. The van der Waals surface area contributed by atoms with E-state index in [0.29, 0.717) is 9.47 Å². The Kier molecular flexibility index (Phi) is 6.40. The number of rotatable bonds is 8. The highest BCUT2D eigenvalue weighted by Gasteiger charge is 2.15. The van der Waals surface area contributed by atoms with Gasteiger partial charge in [-0.15, -0.1) is 10.2 Å². The van der Waals surface area contributed by atoms with E-state index in [9.17, 15) is 14.9 Å². The molecule has 0 bridgehead atoms. The second-order valence-electron chi connectivity index (χ2n) is 5.34. The van der Waals surface area contributed by atoms with E-state index >= 15 is 0 Å². The predicted octanol–water partition coefficient (Wildman–Crippen LogP) is 3.93. The fraction of sp³-hybridized carbons (Fsp3) is 0.118. The Balaban J connectivity index is 1.54. The highest BCUT2D eigenvalue weighted by Crippen LogP contribution is 2.29. The number of para-hydroxylation sites is 2. The van der Waals surface area contributed by atoms with Crippen LogP contribution < -0.4 is 15.4 Å². The Morgan fingerprint density at radius 1 is 1.21 bits per heavy atom. The van der Waals surface area contributed by atoms with Gasteiger partial charge in [0.15, 0.2) is 4.34 Å². The van der Waals surface area contributed by atoms with Crippen LogP contribution in [-0.4, -0.2) is 33.9 Å². The van der Waals surface area contributed by atoms with Gasteiger partial charge in [0.05, 0.1) is 17.8 Å². The summed E-state index contributed by atoms with van der Waals surface area (Å²) in [6.45, 7) is 0. The molecule has 9 nitrogen and oxygen atoms in total. The standard InChI is InChI=1S/C17H15N5O4S2/c1-26-12-8-6-11(7-9-12)18-16-20-21-17(28-16)27-10-15(23)19-13-4-2-3-5-14(13)22(24)25/h2-9H,10H2,1H3,(H,18,20)(H,19,23). The Morgan fingerprint density at radius 2 is 1.96 bits per heavy atom. The van der Waals surface area contributed by atoms with Crippen molar-refractivity contribution in [2.75, 3.05) is 23.5 Å². The van der Waals surface area contributed by atoms with E-state index in [-0.39, 0.29) is 23.0 Å². The molecule has 0 saturated heterocycles. The highest BCUT2D eigenvalue weighted by atomic mass is 32.2. The number of aromatic nitrogens is 2. The monoisotopic (exact) mass is 417 g/mol. The highest BCUT2D eigenvalue weighted by molar-refractivity contribution is 8.01. The van der Waals surface area contributed by atoms with Crippen LogP contribution in [0, 0.1) is 10.1 Å². The number of anilines is 3. The summed E-state index contributed by atoms with van der Waals surface area (Å²) in [5, 5.41) is 25.3. The van der Waals surface area contributed by atoms with Crippen LogP contribution in [0.25, 0.3) is 0 Å². The maximum Gasteiger partial charge on any atom is 0.292 e. The molecule has 28 heavy (non-hydrogen) atoms. The van der Waals surface area contributed by atoms with Crippen molar-refractivity contribution in [3.05, 3.63) is 58.6 Å². The first kappa shape index (κ1) is 19.6. The van der Waals surface area contributed by atoms with Crippen LogP contribution in [-0.2, 0) is 4.79 Å². The second-order valence-corrected chi connectivity index (χ2v) is 7.54. The van der Waals surface area contributed by atoms with Gasteiger partial charge in [0.25, 0.3) is 5.69 Å². The lowest BCUT2D eigenvalue weighted by atomic mass is 10.2. The minimum absolute atomic E-state index is 0.0587. The zero-order chi connectivity index (χ0) is 19.9. The lowest BCUT2D eigenvalue weighted by Crippen LogP contribution is -2.15. The van der Waals surface area contributed by atoms with Crippen molar-refractivity contribution in [3.8, 4) is 5.75 Å². The van der Waals surface area contributed by atoms with E-state index in [1.807, 2.05) is 24.3 Å². The van der Waals surface area contributed by atoms with Gasteiger partial charge in [0, 0.05) is 11.8 Å². The van der Waals surface area contributed by atoms with Gasteiger partial charge in [-0.05, 0) is 30.3 Å². The Bertz CT molecular complexity index is 978. The average Bonchev–Trinajstić information content (AvgIpc) is 3.14. The van der Waals surface area contributed by atoms with Gasteiger partial charge in [-0.1, -0.05) is 35.2 Å². The third kappa shape index (κ3) is 5.18. The van der Waals surface area contributed by atoms with Crippen molar-refractivity contribution in [2.45, 2.75) is 4.34 Å². The number of nitrogens with one attached hydrogen (secondary N) is 2. The largest absolute Gasteiger partial charge is 0.497 e. The molecule has 11 heteroatoms. The van der Waals surface area contributed by atoms with Crippen LogP contribution in [0.2, 0.25) is 0 Å². The number of hydrogen-bond donors (Lipinski definition) is 2. The van der Waals surface area contributed by atoms with Crippen molar-refractivity contribution < 1.29 is 14.5 Å². The van der Waals surface area contributed by atoms with Gasteiger partial charge in [0.2, 0.25) is 11.0 Å². The van der Waals surface area contributed by atoms with E-state index < -0.39 is 4.92 Å². The van der Waals surface area contributed by atoms with E-state index in [0.717, 1.165) is 11.4 Å². The number of carbonyl (C=O) groups excluding carboxylic acids is 1. The van der Waals surface area contributed by atoms with Gasteiger partial charge in [-0.2, -0.15) is 0 Å². The first-order chi connectivity index (χ1) is 13.5. The minimum atomic E-state index is -0.537. The fourth-order valence-electron chi connectivity index (χ4n) is 2.17. The molecular weight excluding hydrogens is 402 g/mol. The number of benzene rings is 2. The van der Waals surface area contributed by atoms with Gasteiger partial charge in [-0.3, -0.25) is 14.9 Å². The molecular formula is C17H15N5O4S2. The number of nitrogens with zero attached hydrogens (tertiary/aromatic N) is 3. The van der Waals surface area contributed by atoms with Crippen molar-refractivity contribution in [1.29, 1.82) is 0 Å². The number of ether oxygens (including phenoxy) is 1. The molecule has 1 heterocycles. The molecule has 0 atom stereocenters. The second kappa shape index (κ2) is 9.15. The number of methoxy groups -OCH3 is 1. The van der Waals surface area contributed by atoms with Crippen molar-refractivity contribution in [3.63, 3.8) is 0 Å². The van der Waals surface area contributed by atoms with E-state index in [1.165, 1.54) is 35.2 Å². The number of nitro groups is 1. The Labute approximate surface area is 168 Å². The summed E-state index contributed by atoms with van der Waals surface area (Å²) in [5.74, 6) is 0.450. The minimum Gasteiger partial charge on any atom is -0.497 e. The van der Waals surface area contributed by atoms with Crippen LogP contribution >= 0.6 is 23.1 Å². The molecule has 0 spiro atoms. The normalized spacial score (nSPS) is 10.3. The molecule has 3 aromatic rings. The Morgan fingerprint density at radius 3 is 2.68 bits per heavy atom. The number of carbonyl (C=O) groups is 1. The van der Waals surface area contributed by atoms with Crippen LogP contribution in [0.5, 0.6) is 5.75 Å². The molecule has 1 aromatic heterocycles. The van der Waals surface area contributed by atoms with Gasteiger partial charge < -0.3 is 15.4 Å². The molecule has 0 radical (unpaired) electrons. The maximum atomic E-state index is 12.1. The summed E-state index contributed by atoms with van der Waals surface area (Å²) in [4.78, 5) is 22.5. The van der Waals surface area contributed by atoms with Crippen LogP contribution in [0.1, 0.15) is 0 Å². The lowest BCUT2D eigenvalue weighted by Gasteiger charge is -2.04. The molecule has 2 aromatic carbocycles. The fourth-order valence-corrected chi connectivity index (χ4v) is 3.74.